The lowest BCUT2D eigenvalue weighted by Crippen LogP contribution is -2.22. The second-order valence-electron chi connectivity index (χ2n) is 6.40. The van der Waals surface area contributed by atoms with Crippen molar-refractivity contribution in [3.63, 3.8) is 0 Å². The van der Waals surface area contributed by atoms with E-state index in [-0.39, 0.29) is 5.56 Å². The van der Waals surface area contributed by atoms with E-state index < -0.39 is 0 Å². The normalized spacial score (nSPS) is 11.3. The lowest BCUT2D eigenvalue weighted by Gasteiger charge is -2.14. The van der Waals surface area contributed by atoms with Crippen molar-refractivity contribution in [2.24, 2.45) is 0 Å². The second-order valence-corrected chi connectivity index (χ2v) is 7.40. The molecule has 0 fully saturated rings. The first-order chi connectivity index (χ1) is 13.0. The van der Waals surface area contributed by atoms with Crippen LogP contribution in [0.2, 0.25) is 0 Å². The van der Waals surface area contributed by atoms with Crippen molar-refractivity contribution < 1.29 is 4.74 Å². The van der Waals surface area contributed by atoms with E-state index in [9.17, 15) is 4.79 Å². The topological polar surface area (TPSA) is 60.2 Å². The van der Waals surface area contributed by atoms with Crippen LogP contribution in [-0.4, -0.2) is 35.7 Å². The predicted molar refractivity (Wildman–Crippen MR) is 111 cm³/mol. The molecule has 0 unspecified atom stereocenters. The molecular formula is C20H20N4O2S. The summed E-state index contributed by atoms with van der Waals surface area (Å²) in [5.41, 5.74) is 2.47. The van der Waals surface area contributed by atoms with Crippen LogP contribution in [0.1, 0.15) is 12.7 Å². The van der Waals surface area contributed by atoms with Crippen LogP contribution >= 0.6 is 11.3 Å². The number of benzene rings is 1. The van der Waals surface area contributed by atoms with Crippen molar-refractivity contribution in [1.29, 1.82) is 0 Å². The van der Waals surface area contributed by atoms with Crippen molar-refractivity contribution in [2.75, 3.05) is 26.1 Å². The van der Waals surface area contributed by atoms with Crippen molar-refractivity contribution in [1.82, 2.24) is 14.5 Å². The maximum atomic E-state index is 13.4. The number of pyridine rings is 1. The third kappa shape index (κ3) is 2.75. The molecule has 27 heavy (non-hydrogen) atoms. The van der Waals surface area contributed by atoms with Crippen LogP contribution in [0.5, 0.6) is 5.75 Å². The third-order valence-corrected chi connectivity index (χ3v) is 5.64. The summed E-state index contributed by atoms with van der Waals surface area (Å²) in [6.45, 7) is 2.01. The Balaban J connectivity index is 2.07. The monoisotopic (exact) mass is 380 g/mol. The van der Waals surface area contributed by atoms with Gasteiger partial charge in [-0.25, -0.2) is 9.97 Å². The van der Waals surface area contributed by atoms with Gasteiger partial charge in [0.25, 0.3) is 5.56 Å². The van der Waals surface area contributed by atoms with Gasteiger partial charge in [-0.1, -0.05) is 6.92 Å². The minimum Gasteiger partial charge on any atom is -0.497 e. The average molecular weight is 380 g/mol. The van der Waals surface area contributed by atoms with Gasteiger partial charge in [0.2, 0.25) is 0 Å². The Bertz CT molecular complexity index is 1190. The van der Waals surface area contributed by atoms with Crippen LogP contribution in [0.4, 0.5) is 5.69 Å². The van der Waals surface area contributed by atoms with E-state index in [1.54, 1.807) is 17.9 Å². The highest BCUT2D eigenvalue weighted by Crippen LogP contribution is 2.35. The van der Waals surface area contributed by atoms with Gasteiger partial charge >= 0.3 is 0 Å². The highest BCUT2D eigenvalue weighted by atomic mass is 32.1. The molecule has 0 saturated carbocycles. The summed E-state index contributed by atoms with van der Waals surface area (Å²) in [7, 11) is 5.59. The number of nitrogens with zero attached hydrogens (tertiary/aromatic N) is 4. The van der Waals surface area contributed by atoms with Gasteiger partial charge < -0.3 is 9.64 Å². The molecule has 0 atom stereocenters. The van der Waals surface area contributed by atoms with Crippen LogP contribution in [0.25, 0.3) is 26.1 Å². The minimum atomic E-state index is -0.0604. The Kier molecular flexibility index (Phi) is 4.31. The van der Waals surface area contributed by atoms with E-state index in [0.29, 0.717) is 11.1 Å². The molecular weight excluding hydrogens is 360 g/mol. The molecule has 0 aliphatic heterocycles. The summed E-state index contributed by atoms with van der Waals surface area (Å²) in [4.78, 5) is 25.6. The number of ether oxygens (including phenoxy) is 1. The van der Waals surface area contributed by atoms with Gasteiger partial charge in [-0.3, -0.25) is 9.36 Å². The number of fused-ring (bicyclic) bond motifs is 3. The number of hydrogen-bond donors (Lipinski definition) is 0. The first kappa shape index (κ1) is 17.5. The molecule has 138 valence electrons. The highest BCUT2D eigenvalue weighted by Gasteiger charge is 2.19. The molecule has 7 heteroatoms. The maximum absolute atomic E-state index is 13.4. The lowest BCUT2D eigenvalue weighted by molar-refractivity contribution is 0.414. The molecule has 4 rings (SSSR count). The Morgan fingerprint density at radius 3 is 2.56 bits per heavy atom. The molecule has 6 nitrogen and oxygen atoms in total. The molecule has 0 N–H and O–H groups in total. The first-order valence-electron chi connectivity index (χ1n) is 8.70. The van der Waals surface area contributed by atoms with E-state index in [0.717, 1.165) is 38.7 Å². The van der Waals surface area contributed by atoms with Gasteiger partial charge in [-0.2, -0.15) is 0 Å². The summed E-state index contributed by atoms with van der Waals surface area (Å²) in [6.07, 6.45) is 2.42. The van der Waals surface area contributed by atoms with Gasteiger partial charge in [-0.05, 0) is 30.3 Å². The van der Waals surface area contributed by atoms with Crippen molar-refractivity contribution in [3.05, 3.63) is 52.7 Å². The minimum absolute atomic E-state index is 0.0604. The van der Waals surface area contributed by atoms with E-state index in [4.69, 9.17) is 9.72 Å². The quantitative estimate of drug-likeness (QED) is 0.541. The van der Waals surface area contributed by atoms with Crippen molar-refractivity contribution >= 4 is 37.5 Å². The first-order valence-corrected chi connectivity index (χ1v) is 9.51. The Labute approximate surface area is 160 Å². The fourth-order valence-corrected chi connectivity index (χ4v) is 4.28. The van der Waals surface area contributed by atoms with Crippen LogP contribution in [0, 0.1) is 0 Å². The van der Waals surface area contributed by atoms with E-state index >= 15 is 0 Å². The number of anilines is 1. The fraction of sp³-hybridized carbons (Fsp3) is 0.250. The van der Waals surface area contributed by atoms with E-state index in [2.05, 4.69) is 4.98 Å². The van der Waals surface area contributed by atoms with E-state index in [1.165, 1.54) is 11.3 Å². The summed E-state index contributed by atoms with van der Waals surface area (Å²) in [6, 6.07) is 9.41. The smallest absolute Gasteiger partial charge is 0.276 e. The largest absolute Gasteiger partial charge is 0.497 e. The molecule has 1 aromatic carbocycles. The van der Waals surface area contributed by atoms with Crippen LogP contribution in [0.15, 0.2) is 41.3 Å². The summed E-state index contributed by atoms with van der Waals surface area (Å²) < 4.78 is 7.54. The average Bonchev–Trinajstić information content (AvgIpc) is 3.07. The number of hydrogen-bond acceptors (Lipinski definition) is 6. The summed E-state index contributed by atoms with van der Waals surface area (Å²) in [5.74, 6) is 1.48. The summed E-state index contributed by atoms with van der Waals surface area (Å²) >= 11 is 1.40. The second kappa shape index (κ2) is 6.66. The van der Waals surface area contributed by atoms with Gasteiger partial charge in [0, 0.05) is 26.7 Å². The van der Waals surface area contributed by atoms with Gasteiger partial charge in [0.1, 0.15) is 26.6 Å². The standard InChI is InChI=1S/C20H20N4O2S/c1-5-15-22-17-16-14(23(2)3)10-11-21-19(16)27-18(17)20(25)24(15)12-6-8-13(26-4)9-7-12/h6-11H,5H2,1-4H3. The Morgan fingerprint density at radius 2 is 1.93 bits per heavy atom. The highest BCUT2D eigenvalue weighted by molar-refractivity contribution is 7.25. The number of aryl methyl sites for hydroxylation is 1. The molecule has 0 bridgehead atoms. The Hall–Kier alpha value is -2.93. The molecule has 3 aromatic heterocycles. The van der Waals surface area contributed by atoms with Crippen LogP contribution < -0.4 is 15.2 Å². The van der Waals surface area contributed by atoms with Crippen LogP contribution in [-0.2, 0) is 6.42 Å². The third-order valence-electron chi connectivity index (χ3n) is 4.57. The molecule has 0 amide bonds. The lowest BCUT2D eigenvalue weighted by atomic mass is 10.2. The molecule has 4 aromatic rings. The number of rotatable bonds is 4. The zero-order chi connectivity index (χ0) is 19.1. The number of thiophene rings is 1. The van der Waals surface area contributed by atoms with Crippen molar-refractivity contribution in [3.8, 4) is 11.4 Å². The molecule has 0 saturated heterocycles. The molecule has 0 spiro atoms. The van der Waals surface area contributed by atoms with Crippen LogP contribution in [0.3, 0.4) is 0 Å². The zero-order valence-corrected chi connectivity index (χ0v) is 16.5. The molecule has 0 radical (unpaired) electrons. The SMILES string of the molecule is CCc1nc2c(sc3nccc(N(C)C)c32)c(=O)n1-c1ccc(OC)cc1. The maximum Gasteiger partial charge on any atom is 0.276 e. The fourth-order valence-electron chi connectivity index (χ4n) is 3.25. The molecule has 3 heterocycles. The number of methoxy groups -OCH3 is 1. The molecule has 0 aliphatic carbocycles. The van der Waals surface area contributed by atoms with Gasteiger partial charge in [0.05, 0.1) is 23.9 Å². The summed E-state index contributed by atoms with van der Waals surface area (Å²) in [5, 5.41) is 0.941. The zero-order valence-electron chi connectivity index (χ0n) is 15.7. The number of aromatic nitrogens is 3. The van der Waals surface area contributed by atoms with Crippen molar-refractivity contribution in [2.45, 2.75) is 13.3 Å². The predicted octanol–water partition coefficient (Wildman–Crippen LogP) is 3.63. The Morgan fingerprint density at radius 1 is 1.19 bits per heavy atom. The molecule has 0 aliphatic rings. The van der Waals surface area contributed by atoms with Gasteiger partial charge in [-0.15, -0.1) is 11.3 Å². The van der Waals surface area contributed by atoms with E-state index in [1.807, 2.05) is 56.3 Å². The van der Waals surface area contributed by atoms with Gasteiger partial charge in [0.15, 0.2) is 0 Å².